The monoisotopic (exact) mass is 655 g/mol. The maximum Gasteiger partial charge on any atom is 0.302 e. The van der Waals surface area contributed by atoms with Crippen LogP contribution >= 0.6 is 23.2 Å². The van der Waals surface area contributed by atoms with Crippen LogP contribution in [-0.4, -0.2) is 23.8 Å². The summed E-state index contributed by atoms with van der Waals surface area (Å²) in [6.45, 7) is 17.7. The lowest BCUT2D eigenvalue weighted by atomic mass is 9.33. The van der Waals surface area contributed by atoms with Crippen molar-refractivity contribution in [2.45, 2.75) is 119 Å². The molecule has 0 heterocycles. The van der Waals surface area contributed by atoms with Crippen LogP contribution in [0.15, 0.2) is 29.8 Å². The number of nitrogens with one attached hydrogen (secondary N) is 1. The number of ether oxygens (including phenoxy) is 1. The maximum atomic E-state index is 14.7. The molecule has 4 fully saturated rings. The smallest absolute Gasteiger partial charge is 0.302 e. The summed E-state index contributed by atoms with van der Waals surface area (Å²) in [6.07, 6.45) is 10.3. The topological polar surface area (TPSA) is 72.5 Å². The highest BCUT2D eigenvalue weighted by Crippen LogP contribution is 2.75. The zero-order chi connectivity index (χ0) is 33.0. The fourth-order valence-corrected chi connectivity index (χ4v) is 11.9. The van der Waals surface area contributed by atoms with Crippen LogP contribution in [0.3, 0.4) is 0 Å². The van der Waals surface area contributed by atoms with Gasteiger partial charge in [0.2, 0.25) is 5.91 Å². The van der Waals surface area contributed by atoms with E-state index < -0.39 is 5.41 Å². The largest absolute Gasteiger partial charge is 0.462 e. The number of rotatable bonds is 3. The van der Waals surface area contributed by atoms with Crippen molar-refractivity contribution in [3.63, 3.8) is 0 Å². The van der Waals surface area contributed by atoms with Gasteiger partial charge in [-0.2, -0.15) is 0 Å². The molecule has 1 N–H and O–H groups in total. The summed E-state index contributed by atoms with van der Waals surface area (Å²) in [4.78, 5) is 40.6. The number of anilines is 1. The van der Waals surface area contributed by atoms with Crippen molar-refractivity contribution in [1.82, 2.24) is 0 Å². The van der Waals surface area contributed by atoms with Crippen LogP contribution in [0.2, 0.25) is 10.0 Å². The van der Waals surface area contributed by atoms with Crippen molar-refractivity contribution in [2.75, 3.05) is 5.32 Å². The highest BCUT2D eigenvalue weighted by Gasteiger charge is 2.70. The van der Waals surface area contributed by atoms with Gasteiger partial charge in [0.25, 0.3) is 0 Å². The molecule has 1 amide bonds. The van der Waals surface area contributed by atoms with Crippen molar-refractivity contribution in [3.05, 3.63) is 39.9 Å². The number of amides is 1. The molecule has 0 aliphatic heterocycles. The first-order valence-corrected chi connectivity index (χ1v) is 17.8. The van der Waals surface area contributed by atoms with Crippen molar-refractivity contribution in [1.29, 1.82) is 0 Å². The van der Waals surface area contributed by atoms with E-state index in [0.717, 1.165) is 57.8 Å². The highest BCUT2D eigenvalue weighted by atomic mass is 35.5. The van der Waals surface area contributed by atoms with E-state index >= 15 is 0 Å². The van der Waals surface area contributed by atoms with E-state index in [2.05, 4.69) is 59.9 Å². The molecule has 246 valence electrons. The first-order valence-electron chi connectivity index (χ1n) is 17.0. The first kappa shape index (κ1) is 33.1. The molecule has 4 saturated carbocycles. The number of allylic oxidation sites excluding steroid dienone is 2. The van der Waals surface area contributed by atoms with Gasteiger partial charge in [-0.05, 0) is 116 Å². The standard InChI is InChI=1S/C38H51Cl2NO4/c1-22(42)45-30-12-13-36(6)29(33(30,2)3)11-14-38(8)31(36)28(43)20-24-25-21-35(5,16-15-34(25,4)17-18-37(24,38)7)32(44)41-23-9-10-26(39)27(40)19-23/h9-10,19-20,25,29-31H,11-18,21H2,1-8H3,(H,41,44)/t25-,29+,30+,31+,34-,35+,36+,37+,38+/m0/s1. The number of carbonyl (C=O) groups is 3. The zero-order valence-electron chi connectivity index (χ0n) is 28.4. The number of carbonyl (C=O) groups excluding carboxylic acids is 3. The van der Waals surface area contributed by atoms with Gasteiger partial charge < -0.3 is 10.1 Å². The zero-order valence-corrected chi connectivity index (χ0v) is 29.9. The van der Waals surface area contributed by atoms with E-state index in [0.29, 0.717) is 21.7 Å². The second kappa shape index (κ2) is 10.6. The second-order valence-corrected chi connectivity index (χ2v) is 18.1. The Morgan fingerprint density at radius 1 is 0.889 bits per heavy atom. The van der Waals surface area contributed by atoms with Crippen molar-refractivity contribution >= 4 is 46.5 Å². The van der Waals surface area contributed by atoms with E-state index in [-0.39, 0.29) is 62.7 Å². The molecule has 45 heavy (non-hydrogen) atoms. The van der Waals surface area contributed by atoms with Gasteiger partial charge in [0.05, 0.1) is 10.0 Å². The number of halogens is 2. The summed E-state index contributed by atoms with van der Waals surface area (Å²) < 4.78 is 5.87. The summed E-state index contributed by atoms with van der Waals surface area (Å²) in [6, 6.07) is 5.21. The molecule has 0 spiro atoms. The van der Waals surface area contributed by atoms with Gasteiger partial charge in [-0.1, -0.05) is 77.2 Å². The van der Waals surface area contributed by atoms with Crippen LogP contribution in [0.5, 0.6) is 0 Å². The Kier molecular flexibility index (Phi) is 7.77. The minimum atomic E-state index is -0.570. The van der Waals surface area contributed by atoms with E-state index in [1.54, 1.807) is 18.2 Å². The second-order valence-electron chi connectivity index (χ2n) is 17.3. The van der Waals surface area contributed by atoms with Gasteiger partial charge in [-0.3, -0.25) is 14.4 Å². The lowest BCUT2D eigenvalue weighted by Gasteiger charge is -2.70. The van der Waals surface area contributed by atoms with Crippen molar-refractivity contribution in [3.8, 4) is 0 Å². The lowest BCUT2D eigenvalue weighted by molar-refractivity contribution is -0.210. The van der Waals surface area contributed by atoms with E-state index in [1.807, 2.05) is 0 Å². The highest BCUT2D eigenvalue weighted by molar-refractivity contribution is 6.42. The molecule has 6 rings (SSSR count). The normalized spacial score (nSPS) is 43.5. The quantitative estimate of drug-likeness (QED) is 0.329. The molecule has 0 bridgehead atoms. The molecule has 0 aromatic heterocycles. The van der Waals surface area contributed by atoms with Crippen molar-refractivity contribution < 1.29 is 19.1 Å². The predicted octanol–water partition coefficient (Wildman–Crippen LogP) is 9.84. The molecule has 1 aromatic carbocycles. The van der Waals surface area contributed by atoms with E-state index in [1.165, 1.54) is 12.5 Å². The van der Waals surface area contributed by atoms with E-state index in [4.69, 9.17) is 27.9 Å². The van der Waals surface area contributed by atoms with Gasteiger partial charge in [-0.25, -0.2) is 0 Å². The van der Waals surface area contributed by atoms with Gasteiger partial charge >= 0.3 is 5.97 Å². The van der Waals surface area contributed by atoms with Crippen molar-refractivity contribution in [2.24, 2.45) is 50.2 Å². The van der Waals surface area contributed by atoms with Gasteiger partial charge in [-0.15, -0.1) is 0 Å². The Labute approximate surface area is 279 Å². The summed E-state index contributed by atoms with van der Waals surface area (Å²) in [5.74, 6) is 0.435. The number of ketones is 1. The number of hydrogen-bond donors (Lipinski definition) is 1. The molecule has 7 heteroatoms. The molecule has 0 saturated heterocycles. The van der Waals surface area contributed by atoms with Gasteiger partial charge in [0.15, 0.2) is 5.78 Å². The van der Waals surface area contributed by atoms with Crippen LogP contribution < -0.4 is 5.32 Å². The minimum absolute atomic E-state index is 0.00169. The van der Waals surface area contributed by atoms with Crippen LogP contribution in [0.1, 0.15) is 113 Å². The molecule has 5 aliphatic carbocycles. The lowest BCUT2D eigenvalue weighted by Crippen LogP contribution is -2.66. The Morgan fingerprint density at radius 2 is 1.58 bits per heavy atom. The van der Waals surface area contributed by atoms with Crippen LogP contribution in [0, 0.1) is 50.2 Å². The van der Waals surface area contributed by atoms with Gasteiger partial charge in [0, 0.05) is 29.4 Å². The third kappa shape index (κ3) is 4.79. The molecule has 9 atom stereocenters. The molecular formula is C38H51Cl2NO4. The fraction of sp³-hybridized carbons (Fsp3) is 0.711. The molecule has 0 unspecified atom stereocenters. The molecule has 1 aromatic rings. The van der Waals surface area contributed by atoms with Crippen LogP contribution in [0.25, 0.3) is 0 Å². The van der Waals surface area contributed by atoms with Crippen LogP contribution in [0.4, 0.5) is 5.69 Å². The Bertz CT molecular complexity index is 1490. The number of hydrogen-bond acceptors (Lipinski definition) is 4. The summed E-state index contributed by atoms with van der Waals surface area (Å²) in [5.41, 5.74) is 0.752. The maximum absolute atomic E-state index is 14.7. The Morgan fingerprint density at radius 3 is 2.24 bits per heavy atom. The molecule has 5 aliphatic rings. The number of benzene rings is 1. The summed E-state index contributed by atoms with van der Waals surface area (Å²) in [7, 11) is 0. The predicted molar refractivity (Wildman–Crippen MR) is 180 cm³/mol. The van der Waals surface area contributed by atoms with E-state index in [9.17, 15) is 14.4 Å². The minimum Gasteiger partial charge on any atom is -0.462 e. The third-order valence-corrected chi connectivity index (χ3v) is 15.3. The average Bonchev–Trinajstić information content (AvgIpc) is 2.94. The third-order valence-electron chi connectivity index (χ3n) is 14.5. The van der Waals surface area contributed by atoms with Gasteiger partial charge in [0.1, 0.15) is 6.10 Å². The molecule has 5 nitrogen and oxygen atoms in total. The number of esters is 1. The summed E-state index contributed by atoms with van der Waals surface area (Å²) >= 11 is 12.4. The fourth-order valence-electron chi connectivity index (χ4n) is 11.6. The average molecular weight is 657 g/mol. The Hall–Kier alpha value is -1.85. The molecule has 0 radical (unpaired) electrons. The van der Waals surface area contributed by atoms with Crippen LogP contribution in [-0.2, 0) is 19.1 Å². The Balaban J connectivity index is 1.34. The first-order chi connectivity index (χ1) is 20.8. The summed E-state index contributed by atoms with van der Waals surface area (Å²) in [5, 5.41) is 4.01. The SMILES string of the molecule is CC(=O)O[C@@H]1CC[C@]2(C)[C@H](CC[C@]3(C)[C@@H]2C(=O)C=C2[C@@H]4C[C@](C)(C(=O)Nc5ccc(Cl)c(Cl)c5)CC[C@@]4(C)CC[C@]23C)C1(C)C. The number of fused-ring (bicyclic) bond motifs is 7. The molecular weight excluding hydrogens is 605 g/mol.